The molecule has 0 radical (unpaired) electrons. The van der Waals surface area contributed by atoms with Gasteiger partial charge in [0.2, 0.25) is 11.9 Å². The first-order valence-electron chi connectivity index (χ1n) is 8.43. The van der Waals surface area contributed by atoms with Gasteiger partial charge < -0.3 is 25.0 Å². The topological polar surface area (TPSA) is 103 Å². The fourth-order valence-electron chi connectivity index (χ4n) is 2.83. The third-order valence-corrected chi connectivity index (χ3v) is 4.24. The number of hydrogen-bond donors (Lipinski definition) is 1. The van der Waals surface area contributed by atoms with E-state index >= 15 is 0 Å². The molecule has 2 saturated heterocycles. The van der Waals surface area contributed by atoms with Crippen LogP contribution in [-0.2, 0) is 9.47 Å². The van der Waals surface area contributed by atoms with E-state index in [1.807, 2.05) is 6.07 Å². The first kappa shape index (κ1) is 16.0. The van der Waals surface area contributed by atoms with Gasteiger partial charge in [-0.25, -0.2) is 4.98 Å². The molecule has 2 aromatic heterocycles. The second-order valence-corrected chi connectivity index (χ2v) is 5.93. The van der Waals surface area contributed by atoms with Crippen LogP contribution in [0.3, 0.4) is 0 Å². The van der Waals surface area contributed by atoms with Crippen molar-refractivity contribution in [3.8, 4) is 11.4 Å². The van der Waals surface area contributed by atoms with Crippen LogP contribution in [0.4, 0.5) is 17.7 Å². The van der Waals surface area contributed by atoms with E-state index in [2.05, 4.69) is 24.8 Å². The van der Waals surface area contributed by atoms with Gasteiger partial charge in [0.05, 0.1) is 26.4 Å². The van der Waals surface area contributed by atoms with Crippen molar-refractivity contribution in [3.63, 3.8) is 0 Å². The monoisotopic (exact) mass is 343 g/mol. The molecule has 4 heterocycles. The van der Waals surface area contributed by atoms with Gasteiger partial charge in [0, 0.05) is 37.9 Å². The SMILES string of the molecule is Nc1ccc(-c2nc(N3CCOCC3)nc(N3CCOCC3)n2)cn1. The Balaban J connectivity index is 1.72. The van der Waals surface area contributed by atoms with Gasteiger partial charge in [0.1, 0.15) is 5.82 Å². The van der Waals surface area contributed by atoms with E-state index in [0.717, 1.165) is 31.7 Å². The van der Waals surface area contributed by atoms with E-state index in [-0.39, 0.29) is 0 Å². The summed E-state index contributed by atoms with van der Waals surface area (Å²) >= 11 is 0. The molecule has 2 fully saturated rings. The van der Waals surface area contributed by atoms with Gasteiger partial charge in [-0.15, -0.1) is 0 Å². The van der Waals surface area contributed by atoms with Crippen molar-refractivity contribution in [3.05, 3.63) is 18.3 Å². The van der Waals surface area contributed by atoms with Crippen molar-refractivity contribution in [2.75, 3.05) is 68.1 Å². The zero-order valence-corrected chi connectivity index (χ0v) is 14.0. The molecule has 4 rings (SSSR count). The van der Waals surface area contributed by atoms with E-state index in [1.165, 1.54) is 0 Å². The van der Waals surface area contributed by atoms with Gasteiger partial charge in [0.25, 0.3) is 0 Å². The van der Waals surface area contributed by atoms with Crippen LogP contribution in [0.1, 0.15) is 0 Å². The highest BCUT2D eigenvalue weighted by molar-refractivity contribution is 5.59. The van der Waals surface area contributed by atoms with Crippen molar-refractivity contribution in [2.24, 2.45) is 0 Å². The maximum absolute atomic E-state index is 5.69. The normalized spacial score (nSPS) is 18.4. The standard InChI is InChI=1S/C16H21N7O2/c17-13-2-1-12(11-18-13)14-19-15(22-3-7-24-8-4-22)21-16(20-14)23-5-9-25-10-6-23/h1-2,11H,3-10H2,(H2,17,18). The number of nitrogen functional groups attached to an aromatic ring is 1. The molecule has 2 aromatic rings. The first-order chi connectivity index (χ1) is 12.3. The highest BCUT2D eigenvalue weighted by Crippen LogP contribution is 2.22. The Labute approximate surface area is 145 Å². The fourth-order valence-corrected chi connectivity index (χ4v) is 2.83. The number of anilines is 3. The Morgan fingerprint density at radius 3 is 1.84 bits per heavy atom. The minimum Gasteiger partial charge on any atom is -0.384 e. The Morgan fingerprint density at radius 2 is 1.36 bits per heavy atom. The summed E-state index contributed by atoms with van der Waals surface area (Å²) in [6, 6.07) is 3.63. The predicted molar refractivity (Wildman–Crippen MR) is 93.5 cm³/mol. The number of nitrogens with zero attached hydrogens (tertiary/aromatic N) is 6. The lowest BCUT2D eigenvalue weighted by Crippen LogP contribution is -2.40. The Morgan fingerprint density at radius 1 is 0.800 bits per heavy atom. The van der Waals surface area contributed by atoms with E-state index in [4.69, 9.17) is 20.2 Å². The predicted octanol–water partition coefficient (Wildman–Crippen LogP) is 0.189. The van der Waals surface area contributed by atoms with E-state index in [0.29, 0.717) is 50.0 Å². The summed E-state index contributed by atoms with van der Waals surface area (Å²) in [5.41, 5.74) is 6.51. The Kier molecular flexibility index (Phi) is 4.57. The number of ether oxygens (including phenoxy) is 2. The molecular formula is C16H21N7O2. The van der Waals surface area contributed by atoms with Crippen LogP contribution in [0.25, 0.3) is 11.4 Å². The summed E-state index contributed by atoms with van der Waals surface area (Å²) in [7, 11) is 0. The quantitative estimate of drug-likeness (QED) is 0.836. The number of pyridine rings is 1. The van der Waals surface area contributed by atoms with Crippen molar-refractivity contribution in [1.82, 2.24) is 19.9 Å². The van der Waals surface area contributed by atoms with Crippen molar-refractivity contribution in [2.45, 2.75) is 0 Å². The van der Waals surface area contributed by atoms with E-state index in [9.17, 15) is 0 Å². The summed E-state index contributed by atoms with van der Waals surface area (Å²) in [5, 5.41) is 0. The number of nitrogens with two attached hydrogens (primary N) is 1. The van der Waals surface area contributed by atoms with E-state index < -0.39 is 0 Å². The zero-order valence-electron chi connectivity index (χ0n) is 14.0. The molecule has 132 valence electrons. The number of aromatic nitrogens is 4. The smallest absolute Gasteiger partial charge is 0.230 e. The highest BCUT2D eigenvalue weighted by atomic mass is 16.5. The molecule has 0 saturated carbocycles. The molecule has 0 bridgehead atoms. The van der Waals surface area contributed by atoms with Crippen LogP contribution in [-0.4, -0.2) is 72.5 Å². The van der Waals surface area contributed by atoms with Gasteiger partial charge in [-0.2, -0.15) is 15.0 Å². The molecule has 0 atom stereocenters. The largest absolute Gasteiger partial charge is 0.384 e. The summed E-state index contributed by atoms with van der Waals surface area (Å²) < 4.78 is 10.9. The van der Waals surface area contributed by atoms with Crippen LogP contribution in [0.15, 0.2) is 18.3 Å². The lowest BCUT2D eigenvalue weighted by atomic mass is 10.2. The maximum Gasteiger partial charge on any atom is 0.230 e. The molecule has 0 spiro atoms. The van der Waals surface area contributed by atoms with Crippen LogP contribution in [0.5, 0.6) is 0 Å². The number of rotatable bonds is 3. The molecule has 0 aromatic carbocycles. The second kappa shape index (κ2) is 7.16. The van der Waals surface area contributed by atoms with Gasteiger partial charge in [-0.05, 0) is 12.1 Å². The highest BCUT2D eigenvalue weighted by Gasteiger charge is 2.21. The summed E-state index contributed by atoms with van der Waals surface area (Å²) in [5.74, 6) is 2.42. The van der Waals surface area contributed by atoms with Crippen LogP contribution >= 0.6 is 0 Å². The maximum atomic E-state index is 5.69. The van der Waals surface area contributed by atoms with Crippen molar-refractivity contribution >= 4 is 17.7 Å². The molecule has 2 aliphatic heterocycles. The molecule has 25 heavy (non-hydrogen) atoms. The molecule has 2 aliphatic rings. The minimum atomic E-state index is 0.472. The molecule has 9 nitrogen and oxygen atoms in total. The molecule has 0 unspecified atom stereocenters. The summed E-state index contributed by atoms with van der Waals surface area (Å²) in [4.78, 5) is 22.4. The van der Waals surface area contributed by atoms with Gasteiger partial charge in [-0.3, -0.25) is 0 Å². The summed E-state index contributed by atoms with van der Waals surface area (Å²) in [6.45, 7) is 5.79. The molecule has 0 amide bonds. The minimum absolute atomic E-state index is 0.472. The van der Waals surface area contributed by atoms with Gasteiger partial charge >= 0.3 is 0 Å². The van der Waals surface area contributed by atoms with Crippen LogP contribution in [0, 0.1) is 0 Å². The fraction of sp³-hybridized carbons (Fsp3) is 0.500. The average molecular weight is 343 g/mol. The third kappa shape index (κ3) is 3.62. The van der Waals surface area contributed by atoms with Gasteiger partial charge in [-0.1, -0.05) is 0 Å². The third-order valence-electron chi connectivity index (χ3n) is 4.24. The Hall–Kier alpha value is -2.52. The van der Waals surface area contributed by atoms with Gasteiger partial charge in [0.15, 0.2) is 5.82 Å². The van der Waals surface area contributed by atoms with Crippen molar-refractivity contribution in [1.29, 1.82) is 0 Å². The molecule has 9 heteroatoms. The first-order valence-corrected chi connectivity index (χ1v) is 8.43. The zero-order chi connectivity index (χ0) is 17.1. The molecule has 0 aliphatic carbocycles. The Bertz CT molecular complexity index is 677. The van der Waals surface area contributed by atoms with Crippen molar-refractivity contribution < 1.29 is 9.47 Å². The summed E-state index contributed by atoms with van der Waals surface area (Å²) in [6.07, 6.45) is 1.69. The van der Waals surface area contributed by atoms with Crippen LogP contribution in [0.2, 0.25) is 0 Å². The number of morpholine rings is 2. The van der Waals surface area contributed by atoms with Crippen LogP contribution < -0.4 is 15.5 Å². The van der Waals surface area contributed by atoms with E-state index in [1.54, 1.807) is 12.3 Å². The molecule has 2 N–H and O–H groups in total. The number of hydrogen-bond acceptors (Lipinski definition) is 9. The second-order valence-electron chi connectivity index (χ2n) is 5.93. The molecular weight excluding hydrogens is 322 g/mol. The average Bonchev–Trinajstić information content (AvgIpc) is 2.69. The lowest BCUT2D eigenvalue weighted by Gasteiger charge is -2.30. The lowest BCUT2D eigenvalue weighted by molar-refractivity contribution is 0.121.